The average molecular weight is 895 g/mol. The van der Waals surface area contributed by atoms with E-state index in [4.69, 9.17) is 14.2 Å². The summed E-state index contributed by atoms with van der Waals surface area (Å²) in [6, 6.07) is 0. The van der Waals surface area contributed by atoms with Crippen molar-refractivity contribution in [1.29, 1.82) is 0 Å². The first kappa shape index (κ1) is 61.1. The summed E-state index contributed by atoms with van der Waals surface area (Å²) in [5.74, 6) is -1.04. The van der Waals surface area contributed by atoms with E-state index in [2.05, 4.69) is 69.4 Å². The predicted molar refractivity (Wildman–Crippen MR) is 275 cm³/mol. The number of carbonyl (C=O) groups is 3. The van der Waals surface area contributed by atoms with Gasteiger partial charge in [-0.2, -0.15) is 0 Å². The molecular weight excluding hydrogens is 793 g/mol. The summed E-state index contributed by atoms with van der Waals surface area (Å²) in [4.78, 5) is 37.9. The minimum atomic E-state index is -0.815. The first-order valence-electron chi connectivity index (χ1n) is 27.3. The van der Waals surface area contributed by atoms with Gasteiger partial charge in [0.25, 0.3) is 0 Å². The number of rotatable bonds is 49. The summed E-state index contributed by atoms with van der Waals surface area (Å²) in [6.45, 7) is 6.43. The van der Waals surface area contributed by atoms with Gasteiger partial charge in [0, 0.05) is 12.8 Å². The van der Waals surface area contributed by atoms with Gasteiger partial charge in [-0.05, 0) is 57.8 Å². The van der Waals surface area contributed by atoms with Crippen molar-refractivity contribution in [2.75, 3.05) is 13.2 Å². The first-order valence-corrected chi connectivity index (χ1v) is 27.3. The SMILES string of the molecule is CC/C=C\C/C=C\C/C=C\CC(=O)OCC(COC(=O)CCCCCCCCCCCCCCCCCCCCC)OC(=O)CCCCCCC/C=C\C=C/CCCCCCCCC. The van der Waals surface area contributed by atoms with Crippen LogP contribution < -0.4 is 0 Å². The molecule has 0 aromatic rings. The fourth-order valence-electron chi connectivity index (χ4n) is 7.73. The Balaban J connectivity index is 4.33. The van der Waals surface area contributed by atoms with E-state index in [9.17, 15) is 14.4 Å². The van der Waals surface area contributed by atoms with Crippen molar-refractivity contribution in [2.24, 2.45) is 0 Å². The lowest BCUT2D eigenvalue weighted by Crippen LogP contribution is -2.30. The Morgan fingerprint density at radius 1 is 0.359 bits per heavy atom. The summed E-state index contributed by atoms with van der Waals surface area (Å²) < 4.78 is 16.7. The molecule has 0 amide bonds. The summed E-state index contributed by atoms with van der Waals surface area (Å²) in [5, 5.41) is 0. The third kappa shape index (κ3) is 50.1. The van der Waals surface area contributed by atoms with Crippen molar-refractivity contribution >= 4 is 17.9 Å². The van der Waals surface area contributed by atoms with Gasteiger partial charge in [0.2, 0.25) is 0 Å². The van der Waals surface area contributed by atoms with E-state index >= 15 is 0 Å². The van der Waals surface area contributed by atoms with Gasteiger partial charge in [0.15, 0.2) is 6.10 Å². The topological polar surface area (TPSA) is 78.9 Å². The third-order valence-corrected chi connectivity index (χ3v) is 11.8. The molecule has 0 aliphatic rings. The van der Waals surface area contributed by atoms with Crippen LogP contribution >= 0.6 is 0 Å². The number of hydrogen-bond acceptors (Lipinski definition) is 6. The monoisotopic (exact) mass is 895 g/mol. The van der Waals surface area contributed by atoms with Gasteiger partial charge in [-0.1, -0.05) is 255 Å². The molecule has 0 aliphatic carbocycles. The van der Waals surface area contributed by atoms with Crippen molar-refractivity contribution in [3.8, 4) is 0 Å². The molecule has 0 bridgehead atoms. The molecule has 0 saturated heterocycles. The van der Waals surface area contributed by atoms with Crippen molar-refractivity contribution in [2.45, 2.75) is 277 Å². The number of unbranched alkanes of at least 4 members (excludes halogenated alkanes) is 30. The maximum absolute atomic E-state index is 12.8. The molecule has 0 aromatic carbocycles. The fraction of sp³-hybridized carbons (Fsp3) is 0.776. The second-order valence-corrected chi connectivity index (χ2v) is 18.2. The van der Waals surface area contributed by atoms with Gasteiger partial charge in [0.05, 0.1) is 6.42 Å². The fourth-order valence-corrected chi connectivity index (χ4v) is 7.73. The molecule has 0 saturated carbocycles. The van der Waals surface area contributed by atoms with Crippen LogP contribution in [-0.4, -0.2) is 37.2 Å². The highest BCUT2D eigenvalue weighted by Gasteiger charge is 2.19. The number of ether oxygens (including phenoxy) is 3. The molecule has 0 aliphatic heterocycles. The van der Waals surface area contributed by atoms with Crippen LogP contribution in [-0.2, 0) is 28.6 Å². The lowest BCUT2D eigenvalue weighted by atomic mass is 10.0. The zero-order chi connectivity index (χ0) is 46.5. The van der Waals surface area contributed by atoms with Gasteiger partial charge in [0.1, 0.15) is 13.2 Å². The Morgan fingerprint density at radius 2 is 0.703 bits per heavy atom. The van der Waals surface area contributed by atoms with E-state index in [1.165, 1.54) is 154 Å². The highest BCUT2D eigenvalue weighted by atomic mass is 16.6. The molecule has 0 rings (SSSR count). The molecular formula is C58H102O6. The standard InChI is InChI=1S/C58H102O6/c1-4-7-10-13-16-19-21-23-25-27-29-31-32-34-36-39-42-45-48-51-57(60)63-54-55(53-62-56(59)50-47-44-41-38-18-15-12-9-6-3)64-58(61)52-49-46-43-40-37-35-33-30-28-26-24-22-20-17-14-11-8-5-2/h9,12,18,26,28,30,33,38,44,47,55H,4-8,10-11,13-17,19-25,27,29,31-32,34-37,39-43,45-46,48-54H2,1-3H3/b12-9-,28-26-,33-30-,38-18-,47-44-. The van der Waals surface area contributed by atoms with Crippen LogP contribution in [0.5, 0.6) is 0 Å². The van der Waals surface area contributed by atoms with E-state index in [0.29, 0.717) is 12.8 Å². The Bertz CT molecular complexity index is 1170. The highest BCUT2D eigenvalue weighted by Crippen LogP contribution is 2.16. The van der Waals surface area contributed by atoms with Crippen molar-refractivity contribution < 1.29 is 28.6 Å². The largest absolute Gasteiger partial charge is 0.462 e. The molecule has 6 heteroatoms. The van der Waals surface area contributed by atoms with Crippen molar-refractivity contribution in [3.05, 3.63) is 60.8 Å². The molecule has 1 unspecified atom stereocenters. The van der Waals surface area contributed by atoms with E-state index in [0.717, 1.165) is 77.0 Å². The zero-order valence-corrected chi connectivity index (χ0v) is 42.3. The average Bonchev–Trinajstić information content (AvgIpc) is 3.29. The summed E-state index contributed by atoms with van der Waals surface area (Å²) in [7, 11) is 0. The maximum atomic E-state index is 12.8. The Kier molecular flexibility index (Phi) is 50.4. The number of allylic oxidation sites excluding steroid dienone is 9. The Labute approximate surface area is 396 Å². The number of esters is 3. The van der Waals surface area contributed by atoms with E-state index < -0.39 is 12.1 Å². The van der Waals surface area contributed by atoms with Gasteiger partial charge in [-0.15, -0.1) is 0 Å². The number of hydrogen-bond donors (Lipinski definition) is 0. The van der Waals surface area contributed by atoms with E-state index in [-0.39, 0.29) is 31.6 Å². The number of carbonyl (C=O) groups excluding carboxylic acids is 3. The van der Waals surface area contributed by atoms with E-state index in [1.807, 2.05) is 6.08 Å². The minimum Gasteiger partial charge on any atom is -0.462 e. The molecule has 1 atom stereocenters. The molecule has 0 N–H and O–H groups in total. The lowest BCUT2D eigenvalue weighted by Gasteiger charge is -2.18. The van der Waals surface area contributed by atoms with E-state index in [1.54, 1.807) is 6.08 Å². The van der Waals surface area contributed by atoms with Gasteiger partial charge in [-0.25, -0.2) is 0 Å². The van der Waals surface area contributed by atoms with Crippen LogP contribution in [0.25, 0.3) is 0 Å². The van der Waals surface area contributed by atoms with Crippen LogP contribution in [0.4, 0.5) is 0 Å². The van der Waals surface area contributed by atoms with Crippen molar-refractivity contribution in [1.82, 2.24) is 0 Å². The van der Waals surface area contributed by atoms with Gasteiger partial charge >= 0.3 is 17.9 Å². The quantitative estimate of drug-likeness (QED) is 0.0199. The zero-order valence-electron chi connectivity index (χ0n) is 42.3. The minimum absolute atomic E-state index is 0.105. The predicted octanol–water partition coefficient (Wildman–Crippen LogP) is 18.0. The summed E-state index contributed by atoms with van der Waals surface area (Å²) in [6.07, 6.45) is 65.4. The second-order valence-electron chi connectivity index (χ2n) is 18.2. The van der Waals surface area contributed by atoms with Crippen LogP contribution in [0.1, 0.15) is 271 Å². The molecule has 0 radical (unpaired) electrons. The molecule has 0 spiro atoms. The first-order chi connectivity index (χ1) is 31.5. The lowest BCUT2D eigenvalue weighted by molar-refractivity contribution is -0.166. The molecule has 0 fully saturated rings. The van der Waals surface area contributed by atoms with Crippen LogP contribution in [0.15, 0.2) is 60.8 Å². The maximum Gasteiger partial charge on any atom is 0.309 e. The smallest absolute Gasteiger partial charge is 0.309 e. The molecule has 0 aromatic heterocycles. The van der Waals surface area contributed by atoms with Crippen LogP contribution in [0, 0.1) is 0 Å². The second kappa shape index (κ2) is 52.7. The normalized spacial score (nSPS) is 12.5. The molecule has 0 heterocycles. The molecule has 370 valence electrons. The summed E-state index contributed by atoms with van der Waals surface area (Å²) in [5.41, 5.74) is 0. The van der Waals surface area contributed by atoms with Crippen molar-refractivity contribution in [3.63, 3.8) is 0 Å². The Hall–Kier alpha value is -2.89. The van der Waals surface area contributed by atoms with Gasteiger partial charge < -0.3 is 14.2 Å². The van der Waals surface area contributed by atoms with Crippen LogP contribution in [0.3, 0.4) is 0 Å². The molecule has 6 nitrogen and oxygen atoms in total. The Morgan fingerprint density at radius 3 is 1.12 bits per heavy atom. The highest BCUT2D eigenvalue weighted by molar-refractivity contribution is 5.72. The third-order valence-electron chi connectivity index (χ3n) is 11.8. The summed E-state index contributed by atoms with van der Waals surface area (Å²) >= 11 is 0. The molecule has 64 heavy (non-hydrogen) atoms. The van der Waals surface area contributed by atoms with Crippen LogP contribution in [0.2, 0.25) is 0 Å². The van der Waals surface area contributed by atoms with Gasteiger partial charge in [-0.3, -0.25) is 14.4 Å².